The SMILES string of the molecule is C=C(C/C=C(/C)C(=O)SCCNC(=O)CCNC(=O)C(O)C(C)(C)COP(=O)(O)OP(=O)(O)OC[C@H]1O[C@@H](n2cnc3c(N)ncnc32)[C@H](O)[C@@H]1OP(=O)(O)O)C(C)C. The van der Waals surface area contributed by atoms with Gasteiger partial charge in [0.05, 0.1) is 19.5 Å². The van der Waals surface area contributed by atoms with E-state index in [1.165, 1.54) is 13.8 Å². The lowest BCUT2D eigenvalue weighted by Gasteiger charge is -2.30. The summed E-state index contributed by atoms with van der Waals surface area (Å²) in [4.78, 5) is 88.1. The summed E-state index contributed by atoms with van der Waals surface area (Å²) in [6, 6.07) is 0. The average Bonchev–Trinajstić information content (AvgIpc) is 3.69. The van der Waals surface area contributed by atoms with Crippen LogP contribution in [0.2, 0.25) is 0 Å². The molecular weight excluding hydrogens is 867 g/mol. The molecule has 59 heavy (non-hydrogen) atoms. The summed E-state index contributed by atoms with van der Waals surface area (Å²) in [6.45, 7) is 10.1. The van der Waals surface area contributed by atoms with Crippen molar-refractivity contribution in [1.82, 2.24) is 30.2 Å². The molecule has 2 aromatic rings. The minimum absolute atomic E-state index is 0.0288. The van der Waals surface area contributed by atoms with E-state index >= 15 is 0 Å². The third kappa shape index (κ3) is 15.5. The number of carbonyl (C=O) groups excluding carboxylic acids is 3. The number of phosphoric ester groups is 3. The first kappa shape index (κ1) is 50.4. The molecule has 2 aromatic heterocycles. The third-order valence-electron chi connectivity index (χ3n) is 8.54. The first-order valence-electron chi connectivity index (χ1n) is 17.6. The lowest BCUT2D eigenvalue weighted by atomic mass is 9.87. The fourth-order valence-electron chi connectivity index (χ4n) is 4.99. The van der Waals surface area contributed by atoms with Gasteiger partial charge in [-0.2, -0.15) is 4.31 Å². The predicted octanol–water partition coefficient (Wildman–Crippen LogP) is 1.21. The van der Waals surface area contributed by atoms with Gasteiger partial charge in [-0.3, -0.25) is 32.5 Å². The number of allylic oxidation sites excluding steroid dienone is 2. The summed E-state index contributed by atoms with van der Waals surface area (Å²) in [5.74, 6) is -0.868. The summed E-state index contributed by atoms with van der Waals surface area (Å²) in [6.07, 6.45) is -4.54. The molecule has 1 saturated heterocycles. The number of fused-ring (bicyclic) bond motifs is 1. The van der Waals surface area contributed by atoms with Crippen LogP contribution in [0.3, 0.4) is 0 Å². The topological polar surface area (TPSA) is 364 Å². The molecule has 0 radical (unpaired) electrons. The molecule has 1 aliphatic heterocycles. The number of amides is 2. The summed E-state index contributed by atoms with van der Waals surface area (Å²) in [7, 11) is -16.4. The number of nitrogens with two attached hydrogens (primary N) is 1. The number of aliphatic hydroxyl groups excluding tert-OH is 2. The van der Waals surface area contributed by atoms with Gasteiger partial charge >= 0.3 is 23.5 Å². The number of carbonyl (C=O) groups is 3. The second-order valence-electron chi connectivity index (χ2n) is 14.1. The Kier molecular flexibility index (Phi) is 18.1. The minimum Gasteiger partial charge on any atom is -0.386 e. The lowest BCUT2D eigenvalue weighted by molar-refractivity contribution is -0.137. The number of rotatable bonds is 23. The molecule has 1 aliphatic rings. The van der Waals surface area contributed by atoms with Crippen LogP contribution >= 0.6 is 35.2 Å². The number of phosphoric acid groups is 3. The number of hydrogen-bond acceptors (Lipinski definition) is 18. The van der Waals surface area contributed by atoms with Crippen molar-refractivity contribution in [2.75, 3.05) is 37.8 Å². The maximum Gasteiger partial charge on any atom is 0.481 e. The van der Waals surface area contributed by atoms with Gasteiger partial charge < -0.3 is 50.9 Å². The molecular formula is C31H50N7O17P3S. The van der Waals surface area contributed by atoms with Crippen molar-refractivity contribution in [3.05, 3.63) is 36.5 Å². The van der Waals surface area contributed by atoms with E-state index in [1.807, 2.05) is 19.9 Å². The second-order valence-corrected chi connectivity index (χ2v) is 19.4. The third-order valence-corrected chi connectivity index (χ3v) is 12.6. The molecule has 0 aromatic carbocycles. The number of ether oxygens (including phenoxy) is 1. The van der Waals surface area contributed by atoms with Crippen LogP contribution in [0, 0.1) is 11.3 Å². The van der Waals surface area contributed by atoms with E-state index in [-0.39, 0.29) is 41.6 Å². The van der Waals surface area contributed by atoms with E-state index in [2.05, 4.69) is 41.0 Å². The molecule has 3 rings (SSSR count). The zero-order valence-electron chi connectivity index (χ0n) is 32.6. The highest BCUT2D eigenvalue weighted by Crippen LogP contribution is 2.61. The Labute approximate surface area is 342 Å². The molecule has 10 N–H and O–H groups in total. The fraction of sp³-hybridized carbons (Fsp3) is 0.613. The highest BCUT2D eigenvalue weighted by Gasteiger charge is 2.50. The van der Waals surface area contributed by atoms with Crippen LogP contribution in [-0.2, 0) is 50.7 Å². The van der Waals surface area contributed by atoms with E-state index in [0.29, 0.717) is 23.7 Å². The lowest BCUT2D eigenvalue weighted by Crippen LogP contribution is -2.46. The number of aromatic nitrogens is 4. The summed E-state index contributed by atoms with van der Waals surface area (Å²) < 4.78 is 62.2. The first-order chi connectivity index (χ1) is 27.2. The maximum atomic E-state index is 12.7. The van der Waals surface area contributed by atoms with Gasteiger partial charge in [-0.25, -0.2) is 28.6 Å². The Balaban J connectivity index is 1.46. The minimum atomic E-state index is -5.58. The number of thioether (sulfide) groups is 1. The van der Waals surface area contributed by atoms with E-state index in [1.54, 1.807) is 6.92 Å². The number of anilines is 1. The Morgan fingerprint density at radius 2 is 1.75 bits per heavy atom. The van der Waals surface area contributed by atoms with Crippen LogP contribution < -0.4 is 16.4 Å². The summed E-state index contributed by atoms with van der Waals surface area (Å²) in [5, 5.41) is 26.3. The zero-order valence-corrected chi connectivity index (χ0v) is 36.1. The number of imidazole rings is 1. The van der Waals surface area contributed by atoms with Crippen molar-refractivity contribution in [3.63, 3.8) is 0 Å². The molecule has 332 valence electrons. The molecule has 24 nitrogen and oxygen atoms in total. The van der Waals surface area contributed by atoms with Gasteiger partial charge in [0.15, 0.2) is 17.7 Å². The van der Waals surface area contributed by atoms with Crippen LogP contribution in [-0.4, -0.2) is 123 Å². The molecule has 7 atom stereocenters. The monoisotopic (exact) mass is 917 g/mol. The van der Waals surface area contributed by atoms with Crippen LogP contribution in [0.25, 0.3) is 11.2 Å². The van der Waals surface area contributed by atoms with E-state index in [4.69, 9.17) is 19.5 Å². The van der Waals surface area contributed by atoms with Gasteiger partial charge in [0, 0.05) is 30.7 Å². The standard InChI is InChI=1S/C31H50N7O17P3S/c1-17(2)18(3)7-8-19(4)30(43)59-12-11-33-21(39)9-10-34-28(42)25(41)31(5,6)14-52-58(49,50)55-57(47,48)51-13-20-24(54-56(44,45)46)23(40)29(53-20)38-16-37-22-26(32)35-15-36-27(22)38/h8,15-17,20,23-25,29,40-41H,3,7,9-14H2,1-2,4-6H3,(H,33,39)(H,34,42)(H,47,48)(H,49,50)(H2,32,35,36)(H2,44,45,46)/b19-8-/t20-,23-,24-,25?,29-/m1/s1. The van der Waals surface area contributed by atoms with E-state index < -0.39 is 84.6 Å². The largest absolute Gasteiger partial charge is 0.481 e. The molecule has 1 fully saturated rings. The van der Waals surface area contributed by atoms with Crippen molar-refractivity contribution in [2.45, 2.75) is 78.1 Å². The first-order valence-corrected chi connectivity index (χ1v) is 23.1. The zero-order chi connectivity index (χ0) is 44.5. The highest BCUT2D eigenvalue weighted by molar-refractivity contribution is 8.14. The van der Waals surface area contributed by atoms with Gasteiger partial charge in [0.2, 0.25) is 16.9 Å². The Hall–Kier alpha value is -2.96. The quantitative estimate of drug-likeness (QED) is 0.0327. The smallest absolute Gasteiger partial charge is 0.386 e. The molecule has 3 unspecified atom stereocenters. The van der Waals surface area contributed by atoms with E-state index in [0.717, 1.165) is 34.6 Å². The van der Waals surface area contributed by atoms with E-state index in [9.17, 15) is 57.9 Å². The number of hydrogen-bond donors (Lipinski definition) is 9. The fourth-order valence-corrected chi connectivity index (χ4v) is 8.52. The van der Waals surface area contributed by atoms with Crippen molar-refractivity contribution >= 4 is 69.1 Å². The van der Waals surface area contributed by atoms with Gasteiger partial charge in [-0.15, -0.1) is 0 Å². The van der Waals surface area contributed by atoms with Gasteiger partial charge in [-0.1, -0.05) is 57.7 Å². The maximum absolute atomic E-state index is 12.7. The predicted molar refractivity (Wildman–Crippen MR) is 209 cm³/mol. The molecule has 0 spiro atoms. The molecule has 3 heterocycles. The number of nitrogen functional groups attached to an aromatic ring is 1. The van der Waals surface area contributed by atoms with Gasteiger partial charge in [0.25, 0.3) is 0 Å². The highest BCUT2D eigenvalue weighted by atomic mass is 32.2. The number of nitrogens with one attached hydrogen (secondary N) is 2. The second kappa shape index (κ2) is 21.2. The molecule has 0 aliphatic carbocycles. The molecule has 0 saturated carbocycles. The van der Waals surface area contributed by atoms with Crippen molar-refractivity contribution < 1.29 is 80.5 Å². The Bertz CT molecular complexity index is 2010. The van der Waals surface area contributed by atoms with Gasteiger partial charge in [0.1, 0.15) is 36.3 Å². The number of aliphatic hydroxyl groups is 2. The Morgan fingerprint density at radius 1 is 1.08 bits per heavy atom. The van der Waals surface area contributed by atoms with Crippen molar-refractivity contribution in [1.29, 1.82) is 0 Å². The van der Waals surface area contributed by atoms with Crippen LogP contribution in [0.4, 0.5) is 5.82 Å². The molecule has 28 heteroatoms. The van der Waals surface area contributed by atoms with Crippen LogP contribution in [0.5, 0.6) is 0 Å². The summed E-state index contributed by atoms with van der Waals surface area (Å²) in [5.41, 5.74) is 5.84. The van der Waals surface area contributed by atoms with Gasteiger partial charge in [-0.05, 0) is 24.8 Å². The molecule has 2 amide bonds. The van der Waals surface area contributed by atoms with Crippen molar-refractivity contribution in [3.8, 4) is 0 Å². The van der Waals surface area contributed by atoms with Crippen molar-refractivity contribution in [2.24, 2.45) is 11.3 Å². The summed E-state index contributed by atoms with van der Waals surface area (Å²) >= 11 is 1.04. The van der Waals surface area contributed by atoms with Crippen LogP contribution in [0.1, 0.15) is 53.7 Å². The van der Waals surface area contributed by atoms with Crippen LogP contribution in [0.15, 0.2) is 36.5 Å². The number of nitrogens with zero attached hydrogens (tertiary/aromatic N) is 4. The normalized spacial score (nSPS) is 21.5. The average molecular weight is 918 g/mol. The molecule has 0 bridgehead atoms. The Morgan fingerprint density at radius 3 is 2.39 bits per heavy atom.